The number of aromatic amines is 1. The normalized spacial score (nSPS) is 15.4. The van der Waals surface area contributed by atoms with Crippen molar-refractivity contribution in [3.63, 3.8) is 0 Å². The van der Waals surface area contributed by atoms with Crippen molar-refractivity contribution in [2.24, 2.45) is 4.99 Å². The summed E-state index contributed by atoms with van der Waals surface area (Å²) in [6.45, 7) is 4.34. The first-order chi connectivity index (χ1) is 13.3. The van der Waals surface area contributed by atoms with Gasteiger partial charge in [-0.15, -0.1) is 0 Å². The zero-order valence-corrected chi connectivity index (χ0v) is 15.5. The molecule has 27 heavy (non-hydrogen) atoms. The average molecular weight is 364 g/mol. The van der Waals surface area contributed by atoms with Crippen molar-refractivity contribution in [2.45, 2.75) is 6.42 Å². The van der Waals surface area contributed by atoms with Crippen LogP contribution in [-0.4, -0.2) is 70.6 Å². The monoisotopic (exact) mass is 364 g/mol. The number of aromatic nitrogens is 4. The molecule has 8 nitrogen and oxygen atoms in total. The largest absolute Gasteiger partial charge is 0.356 e. The van der Waals surface area contributed by atoms with E-state index in [4.69, 9.17) is 0 Å². The van der Waals surface area contributed by atoms with Crippen LogP contribution in [0, 0.1) is 0 Å². The number of rotatable bonds is 4. The highest BCUT2D eigenvalue weighted by molar-refractivity contribution is 5.80. The average Bonchev–Trinajstić information content (AvgIpc) is 3.15. The number of imidazole rings is 1. The first-order valence-electron chi connectivity index (χ1n) is 9.24. The Morgan fingerprint density at radius 3 is 2.63 bits per heavy atom. The van der Waals surface area contributed by atoms with Gasteiger partial charge in [-0.2, -0.15) is 0 Å². The number of benzene rings is 1. The first kappa shape index (κ1) is 17.3. The third kappa shape index (κ3) is 3.99. The van der Waals surface area contributed by atoms with Gasteiger partial charge in [0.1, 0.15) is 5.82 Å². The molecule has 3 aromatic rings. The van der Waals surface area contributed by atoms with Gasteiger partial charge in [-0.3, -0.25) is 4.99 Å². The Hall–Kier alpha value is -3.16. The second-order valence-corrected chi connectivity index (χ2v) is 6.45. The van der Waals surface area contributed by atoms with Crippen LogP contribution >= 0.6 is 0 Å². The molecular weight excluding hydrogens is 340 g/mol. The minimum atomic E-state index is 0.786. The van der Waals surface area contributed by atoms with Crippen LogP contribution in [0.1, 0.15) is 5.82 Å². The van der Waals surface area contributed by atoms with E-state index in [-0.39, 0.29) is 0 Å². The molecule has 0 radical (unpaired) electrons. The molecule has 1 aliphatic heterocycles. The molecular formula is C19H24N8. The molecule has 140 valence electrons. The van der Waals surface area contributed by atoms with Gasteiger partial charge in [0.25, 0.3) is 0 Å². The molecule has 0 spiro atoms. The van der Waals surface area contributed by atoms with E-state index in [1.807, 2.05) is 37.4 Å². The number of hydrogen-bond acceptors (Lipinski definition) is 5. The number of aliphatic imine (C=N–C) groups is 1. The van der Waals surface area contributed by atoms with Gasteiger partial charge in [-0.25, -0.2) is 15.0 Å². The van der Waals surface area contributed by atoms with Gasteiger partial charge in [-0.05, 0) is 18.2 Å². The zero-order chi connectivity index (χ0) is 18.5. The van der Waals surface area contributed by atoms with Gasteiger partial charge in [0, 0.05) is 58.6 Å². The van der Waals surface area contributed by atoms with Crippen molar-refractivity contribution in [2.75, 3.05) is 44.7 Å². The van der Waals surface area contributed by atoms with Crippen LogP contribution in [0.5, 0.6) is 0 Å². The van der Waals surface area contributed by atoms with E-state index < -0.39 is 0 Å². The summed E-state index contributed by atoms with van der Waals surface area (Å²) >= 11 is 0. The fourth-order valence-electron chi connectivity index (χ4n) is 3.32. The predicted molar refractivity (Wildman–Crippen MR) is 107 cm³/mol. The lowest BCUT2D eigenvalue weighted by Crippen LogP contribution is -2.53. The fourth-order valence-corrected chi connectivity index (χ4v) is 3.32. The first-order valence-corrected chi connectivity index (χ1v) is 9.24. The summed E-state index contributed by atoms with van der Waals surface area (Å²) in [4.78, 5) is 25.6. The fraction of sp³-hybridized carbons (Fsp3) is 0.368. The Kier molecular flexibility index (Phi) is 5.13. The highest BCUT2D eigenvalue weighted by Gasteiger charge is 2.20. The molecule has 4 rings (SSSR count). The lowest BCUT2D eigenvalue weighted by Gasteiger charge is -2.36. The van der Waals surface area contributed by atoms with Gasteiger partial charge in [-0.1, -0.05) is 12.1 Å². The summed E-state index contributed by atoms with van der Waals surface area (Å²) in [6.07, 6.45) is 4.39. The van der Waals surface area contributed by atoms with E-state index in [1.54, 1.807) is 12.4 Å². The van der Waals surface area contributed by atoms with Crippen LogP contribution in [-0.2, 0) is 6.42 Å². The molecule has 0 amide bonds. The number of fused-ring (bicyclic) bond motifs is 1. The van der Waals surface area contributed by atoms with Crippen LogP contribution < -0.4 is 10.2 Å². The summed E-state index contributed by atoms with van der Waals surface area (Å²) < 4.78 is 0. The van der Waals surface area contributed by atoms with Crippen molar-refractivity contribution in [1.29, 1.82) is 0 Å². The van der Waals surface area contributed by atoms with Crippen molar-refractivity contribution in [1.82, 2.24) is 30.2 Å². The summed E-state index contributed by atoms with van der Waals surface area (Å²) in [7, 11) is 1.83. The van der Waals surface area contributed by atoms with Crippen molar-refractivity contribution >= 4 is 22.9 Å². The molecule has 1 saturated heterocycles. The van der Waals surface area contributed by atoms with E-state index in [0.717, 1.165) is 67.9 Å². The number of hydrogen-bond donors (Lipinski definition) is 2. The number of H-pyrrole nitrogens is 1. The number of anilines is 1. The maximum atomic E-state index is 4.62. The maximum absolute atomic E-state index is 4.62. The van der Waals surface area contributed by atoms with Gasteiger partial charge >= 0.3 is 0 Å². The number of guanidine groups is 1. The lowest BCUT2D eigenvalue weighted by molar-refractivity contribution is 0.370. The number of piperazine rings is 1. The molecule has 2 aromatic heterocycles. The van der Waals surface area contributed by atoms with E-state index in [9.17, 15) is 0 Å². The van der Waals surface area contributed by atoms with E-state index >= 15 is 0 Å². The topological polar surface area (TPSA) is 85.3 Å². The summed E-state index contributed by atoms with van der Waals surface area (Å²) in [5.74, 6) is 2.72. The maximum Gasteiger partial charge on any atom is 0.225 e. The number of para-hydroxylation sites is 2. The Balaban J connectivity index is 1.28. The van der Waals surface area contributed by atoms with Crippen molar-refractivity contribution < 1.29 is 0 Å². The molecule has 0 bridgehead atoms. The standard InChI is InChI=1S/C19H24N8/c1-20-18(23-10-7-17-24-15-5-2-3-6-16(15)25-17)26-11-13-27(14-12-26)19-21-8-4-9-22-19/h2-6,8-9H,7,10-14H2,1H3,(H,20,23)(H,24,25). The Morgan fingerprint density at radius 1 is 1.11 bits per heavy atom. The third-order valence-electron chi connectivity index (χ3n) is 4.71. The lowest BCUT2D eigenvalue weighted by atomic mass is 10.3. The Labute approximate surface area is 158 Å². The second-order valence-electron chi connectivity index (χ2n) is 6.45. The molecule has 8 heteroatoms. The van der Waals surface area contributed by atoms with Crippen LogP contribution in [0.15, 0.2) is 47.7 Å². The van der Waals surface area contributed by atoms with Gasteiger partial charge in [0.15, 0.2) is 5.96 Å². The predicted octanol–water partition coefficient (Wildman–Crippen LogP) is 1.29. The summed E-state index contributed by atoms with van der Waals surface area (Å²) in [6, 6.07) is 9.94. The quantitative estimate of drug-likeness (QED) is 0.536. The van der Waals surface area contributed by atoms with E-state index in [0.29, 0.717) is 0 Å². The number of nitrogens with one attached hydrogen (secondary N) is 2. The second kappa shape index (κ2) is 8.03. The van der Waals surface area contributed by atoms with E-state index in [1.165, 1.54) is 0 Å². The molecule has 3 heterocycles. The molecule has 1 fully saturated rings. The molecule has 0 unspecified atom stereocenters. The highest BCUT2D eigenvalue weighted by atomic mass is 15.4. The van der Waals surface area contributed by atoms with Crippen LogP contribution in [0.25, 0.3) is 11.0 Å². The van der Waals surface area contributed by atoms with Crippen LogP contribution in [0.3, 0.4) is 0 Å². The summed E-state index contributed by atoms with van der Waals surface area (Å²) in [5.41, 5.74) is 2.09. The van der Waals surface area contributed by atoms with Gasteiger partial charge < -0.3 is 20.1 Å². The van der Waals surface area contributed by atoms with Crippen molar-refractivity contribution in [3.05, 3.63) is 48.5 Å². The Bertz CT molecular complexity index is 863. The molecule has 1 aromatic carbocycles. The Morgan fingerprint density at radius 2 is 1.89 bits per heavy atom. The van der Waals surface area contributed by atoms with E-state index in [2.05, 4.69) is 40.0 Å². The minimum Gasteiger partial charge on any atom is -0.356 e. The molecule has 0 aliphatic carbocycles. The van der Waals surface area contributed by atoms with Crippen molar-refractivity contribution in [3.8, 4) is 0 Å². The van der Waals surface area contributed by atoms with Gasteiger partial charge in [0.2, 0.25) is 5.95 Å². The molecule has 2 N–H and O–H groups in total. The third-order valence-corrected chi connectivity index (χ3v) is 4.71. The van der Waals surface area contributed by atoms with Crippen LogP contribution in [0.4, 0.5) is 5.95 Å². The minimum absolute atomic E-state index is 0.786. The molecule has 0 atom stereocenters. The smallest absolute Gasteiger partial charge is 0.225 e. The molecule has 1 aliphatic rings. The van der Waals surface area contributed by atoms with Crippen LogP contribution in [0.2, 0.25) is 0 Å². The highest BCUT2D eigenvalue weighted by Crippen LogP contribution is 2.11. The summed E-state index contributed by atoms with van der Waals surface area (Å²) in [5, 5.41) is 3.45. The SMILES string of the molecule is CN=C(NCCc1nc2ccccc2[nH]1)N1CCN(c2ncccn2)CC1. The molecule has 0 saturated carbocycles. The zero-order valence-electron chi connectivity index (χ0n) is 15.5. The number of nitrogens with zero attached hydrogens (tertiary/aromatic N) is 6. The van der Waals surface area contributed by atoms with Gasteiger partial charge in [0.05, 0.1) is 11.0 Å².